The van der Waals surface area contributed by atoms with Crippen LogP contribution in [0.4, 0.5) is 0 Å². The maximum Gasteiger partial charge on any atom is 0.187 e. The Hall–Kier alpha value is -0.390. The molecule has 0 unspecified atom stereocenters. The number of halogens is 1. The molecule has 17 nitrogen and oxygen atoms in total. The summed E-state index contributed by atoms with van der Waals surface area (Å²) in [6.07, 6.45) is -23.9. The van der Waals surface area contributed by atoms with Gasteiger partial charge in [0.2, 0.25) is 0 Å². The van der Waals surface area contributed by atoms with Crippen molar-refractivity contribution in [2.75, 3.05) is 33.0 Å². The fourth-order valence-electron chi connectivity index (χ4n) is 4.25. The largest absolute Gasteiger partial charge is 0.394 e. The van der Waals surface area contributed by atoms with Gasteiger partial charge in [-0.15, -0.1) is 12.4 Å². The minimum absolute atomic E-state index is 0. The second-order valence-electron chi connectivity index (χ2n) is 9.01. The van der Waals surface area contributed by atoms with Gasteiger partial charge in [-0.05, 0) is 0 Å². The molecule has 3 rings (SSSR count). The van der Waals surface area contributed by atoms with Crippen LogP contribution in [0.2, 0.25) is 0 Å². The molecule has 18 heteroatoms. The van der Waals surface area contributed by atoms with E-state index in [9.17, 15) is 51.1 Å². The molecule has 0 saturated carbocycles. The van der Waals surface area contributed by atoms with Gasteiger partial charge in [-0.3, -0.25) is 0 Å². The third-order valence-electron chi connectivity index (χ3n) is 6.45. The first-order valence-electron chi connectivity index (χ1n) is 11.8. The lowest BCUT2D eigenvalue weighted by Gasteiger charge is -2.46. The standard InChI is InChI=1S/C20H37NO16.ClH/c21-1-2-32-19-16(31)17(37-20-15(30)13(28)10(25)7(4-23)35-20)11(26)8(36-19)5-33-18-14(29)12(27)9(24)6(3-22)34-18;/h6-20,22-31H,1-5,21H2;1H/t6-,7-,8-,9-,10-,11-,12+,13+,14+,15+,16-,17+,18+,19-,20-;/m1./s1. The summed E-state index contributed by atoms with van der Waals surface area (Å²) < 4.78 is 32.4. The van der Waals surface area contributed by atoms with Crippen molar-refractivity contribution in [3.05, 3.63) is 0 Å². The minimum atomic E-state index is -1.83. The highest BCUT2D eigenvalue weighted by molar-refractivity contribution is 5.85. The predicted molar refractivity (Wildman–Crippen MR) is 121 cm³/mol. The molecule has 3 heterocycles. The Morgan fingerprint density at radius 3 is 1.55 bits per heavy atom. The summed E-state index contributed by atoms with van der Waals surface area (Å²) in [5.74, 6) is 0. The van der Waals surface area contributed by atoms with E-state index in [1.165, 1.54) is 0 Å². The molecule has 0 aromatic heterocycles. The van der Waals surface area contributed by atoms with E-state index >= 15 is 0 Å². The molecule has 0 aromatic rings. The summed E-state index contributed by atoms with van der Waals surface area (Å²) in [6.45, 7) is -2.01. The van der Waals surface area contributed by atoms with E-state index in [0.29, 0.717) is 0 Å². The Balaban J connectivity index is 0.00000507. The molecule has 0 amide bonds. The lowest BCUT2D eigenvalue weighted by molar-refractivity contribution is -0.365. The van der Waals surface area contributed by atoms with E-state index in [0.717, 1.165) is 0 Å². The summed E-state index contributed by atoms with van der Waals surface area (Å²) in [7, 11) is 0. The van der Waals surface area contributed by atoms with Gasteiger partial charge in [-0.1, -0.05) is 0 Å². The Kier molecular flexibility index (Phi) is 13.4. The van der Waals surface area contributed by atoms with Crippen molar-refractivity contribution in [1.82, 2.24) is 0 Å². The fraction of sp³-hybridized carbons (Fsp3) is 1.00. The summed E-state index contributed by atoms with van der Waals surface area (Å²) >= 11 is 0. The zero-order valence-electron chi connectivity index (χ0n) is 20.1. The quantitative estimate of drug-likeness (QED) is 0.114. The molecule has 3 aliphatic heterocycles. The van der Waals surface area contributed by atoms with Crippen LogP contribution in [-0.4, -0.2) is 176 Å². The van der Waals surface area contributed by atoms with Crippen molar-refractivity contribution in [2.24, 2.45) is 5.73 Å². The lowest BCUT2D eigenvalue weighted by Crippen LogP contribution is -2.65. The van der Waals surface area contributed by atoms with Crippen LogP contribution in [0.25, 0.3) is 0 Å². The van der Waals surface area contributed by atoms with Crippen LogP contribution in [0.3, 0.4) is 0 Å². The van der Waals surface area contributed by atoms with Gasteiger partial charge >= 0.3 is 0 Å². The van der Waals surface area contributed by atoms with Gasteiger partial charge in [0, 0.05) is 6.54 Å². The van der Waals surface area contributed by atoms with Crippen LogP contribution >= 0.6 is 12.4 Å². The van der Waals surface area contributed by atoms with E-state index in [1.807, 2.05) is 0 Å². The number of ether oxygens (including phenoxy) is 6. The average Bonchev–Trinajstić information content (AvgIpc) is 2.89. The first-order valence-corrected chi connectivity index (χ1v) is 11.8. The topological polar surface area (TPSA) is 284 Å². The number of rotatable bonds is 10. The summed E-state index contributed by atoms with van der Waals surface area (Å²) in [4.78, 5) is 0. The summed E-state index contributed by atoms with van der Waals surface area (Å²) in [5, 5.41) is 101. The molecule has 3 aliphatic rings. The third kappa shape index (κ3) is 7.27. The molecule has 15 atom stereocenters. The zero-order valence-corrected chi connectivity index (χ0v) is 20.9. The van der Waals surface area contributed by atoms with Gasteiger partial charge in [-0.2, -0.15) is 0 Å². The molecule has 226 valence electrons. The van der Waals surface area contributed by atoms with Crippen molar-refractivity contribution >= 4 is 12.4 Å². The first kappa shape index (κ1) is 33.8. The van der Waals surface area contributed by atoms with Crippen LogP contribution in [0, 0.1) is 0 Å². The maximum atomic E-state index is 10.9. The Morgan fingerprint density at radius 2 is 1.03 bits per heavy atom. The Morgan fingerprint density at radius 1 is 0.553 bits per heavy atom. The second-order valence-corrected chi connectivity index (χ2v) is 9.01. The van der Waals surface area contributed by atoms with E-state index in [1.54, 1.807) is 0 Å². The zero-order chi connectivity index (χ0) is 27.4. The molecule has 3 fully saturated rings. The molecule has 12 N–H and O–H groups in total. The molecule has 0 bridgehead atoms. The molecule has 38 heavy (non-hydrogen) atoms. The van der Waals surface area contributed by atoms with Crippen molar-refractivity contribution in [1.29, 1.82) is 0 Å². The van der Waals surface area contributed by atoms with Gasteiger partial charge in [0.05, 0.1) is 26.4 Å². The highest BCUT2D eigenvalue weighted by atomic mass is 35.5. The number of hydrogen-bond donors (Lipinski definition) is 11. The third-order valence-corrected chi connectivity index (χ3v) is 6.45. The summed E-state index contributed by atoms with van der Waals surface area (Å²) in [6, 6.07) is 0. The van der Waals surface area contributed by atoms with Crippen molar-refractivity contribution < 1.29 is 79.5 Å². The molecular formula is C20H38ClNO16. The van der Waals surface area contributed by atoms with E-state index in [4.69, 9.17) is 34.2 Å². The average molecular weight is 584 g/mol. The lowest BCUT2D eigenvalue weighted by atomic mass is 9.96. The smallest absolute Gasteiger partial charge is 0.187 e. The van der Waals surface area contributed by atoms with Crippen LogP contribution < -0.4 is 5.73 Å². The van der Waals surface area contributed by atoms with Crippen LogP contribution in [0.5, 0.6) is 0 Å². The monoisotopic (exact) mass is 583 g/mol. The van der Waals surface area contributed by atoms with Crippen molar-refractivity contribution in [3.8, 4) is 0 Å². The van der Waals surface area contributed by atoms with Crippen LogP contribution in [0.15, 0.2) is 0 Å². The Labute approximate surface area is 223 Å². The number of aliphatic hydroxyl groups is 10. The molecule has 0 spiro atoms. The normalized spacial score (nSPS) is 47.9. The van der Waals surface area contributed by atoms with E-state index in [2.05, 4.69) is 0 Å². The highest BCUT2D eigenvalue weighted by Crippen LogP contribution is 2.30. The predicted octanol–water partition coefficient (Wildman–Crippen LogP) is -7.17. The summed E-state index contributed by atoms with van der Waals surface area (Å²) in [5.41, 5.74) is 5.43. The van der Waals surface area contributed by atoms with Gasteiger partial charge < -0.3 is 85.2 Å². The van der Waals surface area contributed by atoms with Crippen molar-refractivity contribution in [2.45, 2.75) is 92.1 Å². The second kappa shape index (κ2) is 15.0. The van der Waals surface area contributed by atoms with Gasteiger partial charge in [-0.25, -0.2) is 0 Å². The Bertz CT molecular complexity index is 695. The van der Waals surface area contributed by atoms with Crippen molar-refractivity contribution in [3.63, 3.8) is 0 Å². The highest BCUT2D eigenvalue weighted by Gasteiger charge is 2.52. The molecule has 3 saturated heterocycles. The molecule has 0 radical (unpaired) electrons. The fourth-order valence-corrected chi connectivity index (χ4v) is 4.25. The molecular weight excluding hydrogens is 546 g/mol. The van der Waals surface area contributed by atoms with E-state index < -0.39 is 112 Å². The molecule has 0 aromatic carbocycles. The van der Waals surface area contributed by atoms with Crippen LogP contribution in [0.1, 0.15) is 0 Å². The van der Waals surface area contributed by atoms with Crippen LogP contribution in [-0.2, 0) is 28.4 Å². The molecule has 0 aliphatic carbocycles. The van der Waals surface area contributed by atoms with Gasteiger partial charge in [0.25, 0.3) is 0 Å². The number of aliphatic hydroxyl groups excluding tert-OH is 10. The first-order chi connectivity index (χ1) is 17.5. The SMILES string of the molecule is Cl.NCCO[C@@H]1O[C@H](CO[C@H]2O[C@H](CO)[C@@H](O)[C@H](O)[C@@H]2O)[C@@H](O)[C@H](O[C@H]2O[C@H](CO)[C@@H](O)[C@H](O)[C@@H]2O)[C@H]1O. The van der Waals surface area contributed by atoms with Gasteiger partial charge in [0.1, 0.15) is 73.2 Å². The number of hydrogen-bond acceptors (Lipinski definition) is 17. The number of nitrogens with two attached hydrogens (primary N) is 1. The van der Waals surface area contributed by atoms with E-state index in [-0.39, 0.29) is 25.6 Å². The maximum absolute atomic E-state index is 10.9. The minimum Gasteiger partial charge on any atom is -0.394 e. The van der Waals surface area contributed by atoms with Gasteiger partial charge in [0.15, 0.2) is 18.9 Å².